The van der Waals surface area contributed by atoms with Gasteiger partial charge in [0.25, 0.3) is 0 Å². The van der Waals surface area contributed by atoms with Crippen LogP contribution < -0.4 is 14.2 Å². The lowest BCUT2D eigenvalue weighted by molar-refractivity contribution is 0.112. The van der Waals surface area contributed by atoms with Crippen molar-refractivity contribution in [3.63, 3.8) is 0 Å². The minimum Gasteiger partial charge on any atom is -0.493 e. The van der Waals surface area contributed by atoms with Crippen molar-refractivity contribution >= 4 is 6.29 Å². The summed E-state index contributed by atoms with van der Waals surface area (Å²) in [6, 6.07) is 13.1. The predicted molar refractivity (Wildman–Crippen MR) is 89.9 cm³/mol. The molecule has 0 amide bonds. The van der Waals surface area contributed by atoms with Crippen molar-refractivity contribution in [2.75, 3.05) is 20.3 Å². The summed E-state index contributed by atoms with van der Waals surface area (Å²) < 4.78 is 16.5. The number of methoxy groups -OCH3 is 1. The molecule has 4 nitrogen and oxygen atoms in total. The van der Waals surface area contributed by atoms with Crippen LogP contribution in [0, 0.1) is 0 Å². The summed E-state index contributed by atoms with van der Waals surface area (Å²) in [5.41, 5.74) is 1.84. The van der Waals surface area contributed by atoms with Crippen LogP contribution >= 0.6 is 0 Å². The van der Waals surface area contributed by atoms with Gasteiger partial charge in [-0.05, 0) is 41.8 Å². The summed E-state index contributed by atoms with van der Waals surface area (Å²) in [4.78, 5) is 10.8. The zero-order valence-electron chi connectivity index (χ0n) is 13.7. The van der Waals surface area contributed by atoms with E-state index in [0.717, 1.165) is 12.0 Å². The maximum atomic E-state index is 10.8. The Kier molecular flexibility index (Phi) is 6.03. The predicted octanol–water partition coefficient (Wildman–Crippen LogP) is 4.09. The Morgan fingerprint density at radius 3 is 2.26 bits per heavy atom. The Morgan fingerprint density at radius 2 is 1.65 bits per heavy atom. The topological polar surface area (TPSA) is 44.8 Å². The average molecular weight is 314 g/mol. The van der Waals surface area contributed by atoms with Crippen molar-refractivity contribution in [2.45, 2.75) is 19.8 Å². The molecule has 0 atom stereocenters. The lowest BCUT2D eigenvalue weighted by atomic mass is 10.0. The number of rotatable bonds is 8. The fraction of sp³-hybridized carbons (Fsp3) is 0.316. The summed E-state index contributed by atoms with van der Waals surface area (Å²) in [5, 5.41) is 0. The van der Waals surface area contributed by atoms with Crippen LogP contribution in [0.1, 0.15) is 35.7 Å². The van der Waals surface area contributed by atoms with Crippen molar-refractivity contribution in [3.8, 4) is 17.2 Å². The highest BCUT2D eigenvalue weighted by Gasteiger charge is 2.06. The lowest BCUT2D eigenvalue weighted by Crippen LogP contribution is -2.09. The minimum absolute atomic E-state index is 0.392. The molecule has 0 spiro atoms. The van der Waals surface area contributed by atoms with E-state index in [1.54, 1.807) is 25.3 Å². The molecule has 2 aromatic rings. The van der Waals surface area contributed by atoms with E-state index in [1.807, 2.05) is 12.1 Å². The number of carbonyl (C=O) groups is 1. The fourth-order valence-electron chi connectivity index (χ4n) is 2.14. The molecule has 0 unspecified atom stereocenters. The highest BCUT2D eigenvalue weighted by Crippen LogP contribution is 2.27. The number of carbonyl (C=O) groups excluding carboxylic acids is 1. The van der Waals surface area contributed by atoms with Crippen LogP contribution in [0.4, 0.5) is 0 Å². The third-order valence-electron chi connectivity index (χ3n) is 3.48. The van der Waals surface area contributed by atoms with Crippen LogP contribution in [0.2, 0.25) is 0 Å². The Labute approximate surface area is 137 Å². The van der Waals surface area contributed by atoms with Crippen LogP contribution in [-0.4, -0.2) is 26.6 Å². The molecule has 0 aromatic heterocycles. The zero-order valence-corrected chi connectivity index (χ0v) is 13.7. The monoisotopic (exact) mass is 314 g/mol. The second-order valence-corrected chi connectivity index (χ2v) is 5.45. The minimum atomic E-state index is 0.392. The second kappa shape index (κ2) is 8.22. The molecule has 0 radical (unpaired) electrons. The smallest absolute Gasteiger partial charge is 0.161 e. The van der Waals surface area contributed by atoms with E-state index >= 15 is 0 Å². The fourth-order valence-corrected chi connectivity index (χ4v) is 2.14. The maximum absolute atomic E-state index is 10.8. The first-order valence-electron chi connectivity index (χ1n) is 7.63. The van der Waals surface area contributed by atoms with E-state index in [1.165, 1.54) is 5.56 Å². The Morgan fingerprint density at radius 1 is 0.957 bits per heavy atom. The molecule has 2 aromatic carbocycles. The zero-order chi connectivity index (χ0) is 16.7. The quantitative estimate of drug-likeness (QED) is 0.544. The van der Waals surface area contributed by atoms with Gasteiger partial charge in [0.05, 0.1) is 7.11 Å². The molecule has 0 bridgehead atoms. The van der Waals surface area contributed by atoms with Gasteiger partial charge in [-0.3, -0.25) is 4.79 Å². The van der Waals surface area contributed by atoms with Gasteiger partial charge in [0.1, 0.15) is 25.2 Å². The van der Waals surface area contributed by atoms with E-state index < -0.39 is 0 Å². The molecule has 0 aliphatic carbocycles. The molecule has 122 valence electrons. The van der Waals surface area contributed by atoms with Crippen molar-refractivity contribution < 1.29 is 19.0 Å². The summed E-state index contributed by atoms with van der Waals surface area (Å²) in [6.45, 7) is 5.14. The highest BCUT2D eigenvalue weighted by atomic mass is 16.5. The first-order valence-corrected chi connectivity index (χ1v) is 7.63. The van der Waals surface area contributed by atoms with Gasteiger partial charge in [0, 0.05) is 5.56 Å². The van der Waals surface area contributed by atoms with Crippen LogP contribution in [0.3, 0.4) is 0 Å². The molecule has 4 heteroatoms. The standard InChI is InChI=1S/C19H22O4/c1-14(2)16-5-7-17(8-6-16)22-10-11-23-18-9-4-15(13-20)12-19(18)21-3/h4-9,12-14H,10-11H2,1-3H3. The second-order valence-electron chi connectivity index (χ2n) is 5.45. The van der Waals surface area contributed by atoms with Crippen molar-refractivity contribution in [2.24, 2.45) is 0 Å². The number of benzene rings is 2. The normalized spacial score (nSPS) is 10.4. The van der Waals surface area contributed by atoms with Gasteiger partial charge >= 0.3 is 0 Å². The highest BCUT2D eigenvalue weighted by molar-refractivity contribution is 5.76. The summed E-state index contributed by atoms with van der Waals surface area (Å²) in [6.07, 6.45) is 0.774. The number of hydrogen-bond donors (Lipinski definition) is 0. The third kappa shape index (κ3) is 4.74. The number of aldehydes is 1. The van der Waals surface area contributed by atoms with Gasteiger partial charge in [-0.2, -0.15) is 0 Å². The maximum Gasteiger partial charge on any atom is 0.161 e. The van der Waals surface area contributed by atoms with Crippen molar-refractivity contribution in [3.05, 3.63) is 53.6 Å². The molecule has 23 heavy (non-hydrogen) atoms. The molecular weight excluding hydrogens is 292 g/mol. The van der Waals surface area contributed by atoms with Crippen LogP contribution in [0.25, 0.3) is 0 Å². The van der Waals surface area contributed by atoms with Gasteiger partial charge in [0.15, 0.2) is 11.5 Å². The first-order chi connectivity index (χ1) is 11.1. The van der Waals surface area contributed by atoms with Gasteiger partial charge in [-0.25, -0.2) is 0 Å². The largest absolute Gasteiger partial charge is 0.493 e. The SMILES string of the molecule is COc1cc(C=O)ccc1OCCOc1ccc(C(C)C)cc1. The number of ether oxygens (including phenoxy) is 3. The first kappa shape index (κ1) is 16.9. The Bertz CT molecular complexity index is 632. The van der Waals surface area contributed by atoms with Crippen molar-refractivity contribution in [1.29, 1.82) is 0 Å². The molecule has 0 saturated heterocycles. The van der Waals surface area contributed by atoms with Crippen LogP contribution in [0.5, 0.6) is 17.2 Å². The molecule has 0 aliphatic heterocycles. The van der Waals surface area contributed by atoms with Crippen molar-refractivity contribution in [1.82, 2.24) is 0 Å². The van der Waals surface area contributed by atoms with Gasteiger partial charge in [-0.1, -0.05) is 26.0 Å². The van der Waals surface area contributed by atoms with E-state index in [4.69, 9.17) is 14.2 Å². The van der Waals surface area contributed by atoms with Gasteiger partial charge in [0.2, 0.25) is 0 Å². The van der Waals surface area contributed by atoms with Gasteiger partial charge in [-0.15, -0.1) is 0 Å². The van der Waals surface area contributed by atoms with E-state index in [0.29, 0.717) is 36.2 Å². The molecule has 0 saturated carbocycles. The van der Waals surface area contributed by atoms with E-state index in [2.05, 4.69) is 26.0 Å². The van der Waals surface area contributed by atoms with E-state index in [9.17, 15) is 4.79 Å². The summed E-state index contributed by atoms with van der Waals surface area (Å²) in [5.74, 6) is 2.46. The molecule has 0 fully saturated rings. The molecule has 0 N–H and O–H groups in total. The Balaban J connectivity index is 1.84. The van der Waals surface area contributed by atoms with E-state index in [-0.39, 0.29) is 0 Å². The molecule has 0 aliphatic rings. The van der Waals surface area contributed by atoms with Gasteiger partial charge < -0.3 is 14.2 Å². The summed E-state index contributed by atoms with van der Waals surface area (Å²) in [7, 11) is 1.55. The third-order valence-corrected chi connectivity index (χ3v) is 3.48. The molecular formula is C19H22O4. The van der Waals surface area contributed by atoms with Crippen LogP contribution in [-0.2, 0) is 0 Å². The summed E-state index contributed by atoms with van der Waals surface area (Å²) >= 11 is 0. The van der Waals surface area contributed by atoms with Crippen LogP contribution in [0.15, 0.2) is 42.5 Å². The lowest BCUT2D eigenvalue weighted by Gasteiger charge is -2.12. The Hall–Kier alpha value is -2.49. The number of hydrogen-bond acceptors (Lipinski definition) is 4. The molecule has 0 heterocycles. The molecule has 2 rings (SSSR count). The average Bonchev–Trinajstić information content (AvgIpc) is 2.59.